The summed E-state index contributed by atoms with van der Waals surface area (Å²) in [6.45, 7) is 1.68. The Hall–Kier alpha value is -2.24. The zero-order valence-corrected chi connectivity index (χ0v) is 8.38. The summed E-state index contributed by atoms with van der Waals surface area (Å²) in [4.78, 5) is 11.0. The van der Waals surface area contributed by atoms with Gasteiger partial charge >= 0.3 is 5.97 Å². The molecular weight excluding hydrogens is 213 g/mol. The van der Waals surface area contributed by atoms with Gasteiger partial charge in [0.25, 0.3) is 0 Å². The Morgan fingerprint density at radius 3 is 2.81 bits per heavy atom. The third-order valence-corrected chi connectivity index (χ3v) is 2.17. The number of benzene rings is 1. The number of aromatic nitrogens is 3. The molecule has 6 heteroatoms. The van der Waals surface area contributed by atoms with E-state index in [1.165, 1.54) is 23.0 Å². The van der Waals surface area contributed by atoms with Gasteiger partial charge in [-0.1, -0.05) is 0 Å². The first kappa shape index (κ1) is 10.3. The van der Waals surface area contributed by atoms with Gasteiger partial charge in [0.2, 0.25) is 0 Å². The predicted molar refractivity (Wildman–Crippen MR) is 53.0 cm³/mol. The fourth-order valence-corrected chi connectivity index (χ4v) is 1.42. The minimum absolute atomic E-state index is 0.122. The monoisotopic (exact) mass is 221 g/mol. The summed E-state index contributed by atoms with van der Waals surface area (Å²) in [6.07, 6.45) is 1.38. The molecule has 2 aromatic rings. The predicted octanol–water partition coefficient (Wildman–Crippen LogP) is 1.41. The minimum Gasteiger partial charge on any atom is -0.478 e. The van der Waals surface area contributed by atoms with Crippen LogP contribution < -0.4 is 0 Å². The van der Waals surface area contributed by atoms with Crippen molar-refractivity contribution in [2.75, 3.05) is 0 Å². The highest BCUT2D eigenvalue weighted by molar-refractivity contribution is 5.92. The fraction of sp³-hybridized carbons (Fsp3) is 0.100. The highest BCUT2D eigenvalue weighted by atomic mass is 19.1. The maximum Gasteiger partial charge on any atom is 0.337 e. The fourth-order valence-electron chi connectivity index (χ4n) is 1.42. The average Bonchev–Trinajstić information content (AvgIpc) is 2.64. The second-order valence-electron chi connectivity index (χ2n) is 3.21. The molecule has 1 aromatic heterocycles. The second kappa shape index (κ2) is 3.73. The molecule has 2 rings (SSSR count). The van der Waals surface area contributed by atoms with Crippen LogP contribution in [0.4, 0.5) is 4.39 Å². The van der Waals surface area contributed by atoms with E-state index < -0.39 is 11.8 Å². The van der Waals surface area contributed by atoms with E-state index in [4.69, 9.17) is 5.11 Å². The molecule has 0 saturated carbocycles. The van der Waals surface area contributed by atoms with Crippen molar-refractivity contribution in [2.45, 2.75) is 6.92 Å². The van der Waals surface area contributed by atoms with E-state index in [-0.39, 0.29) is 5.56 Å². The Labute approximate surface area is 90.2 Å². The Kier molecular flexibility index (Phi) is 2.40. The van der Waals surface area contributed by atoms with Crippen molar-refractivity contribution in [3.63, 3.8) is 0 Å². The van der Waals surface area contributed by atoms with Crippen LogP contribution in [-0.2, 0) is 0 Å². The zero-order chi connectivity index (χ0) is 11.7. The van der Waals surface area contributed by atoms with Crippen LogP contribution in [0.1, 0.15) is 16.2 Å². The maximum absolute atomic E-state index is 12.9. The molecule has 1 heterocycles. The van der Waals surface area contributed by atoms with Crippen LogP contribution in [0.3, 0.4) is 0 Å². The number of carboxylic acid groups (broad SMARTS) is 1. The highest BCUT2D eigenvalue weighted by Crippen LogP contribution is 2.17. The molecule has 82 valence electrons. The number of carbonyl (C=O) groups is 1. The SMILES string of the molecule is Cc1nncn1-c1ccc(F)cc1C(=O)O. The van der Waals surface area contributed by atoms with Crippen LogP contribution >= 0.6 is 0 Å². The Morgan fingerprint density at radius 1 is 1.50 bits per heavy atom. The standard InChI is InChI=1S/C10H8FN3O2/c1-6-13-12-5-14(6)9-3-2-7(11)4-8(9)10(15)16/h2-5H,1H3,(H,15,16). The van der Waals surface area contributed by atoms with E-state index in [9.17, 15) is 9.18 Å². The summed E-state index contributed by atoms with van der Waals surface area (Å²) in [6, 6.07) is 3.55. The minimum atomic E-state index is -1.19. The molecule has 0 saturated heterocycles. The molecule has 0 unspecified atom stereocenters. The van der Waals surface area contributed by atoms with Crippen molar-refractivity contribution >= 4 is 5.97 Å². The summed E-state index contributed by atoms with van der Waals surface area (Å²) in [5.41, 5.74) is 0.222. The lowest BCUT2D eigenvalue weighted by molar-refractivity contribution is 0.0696. The third kappa shape index (κ3) is 1.65. The maximum atomic E-state index is 12.9. The first-order chi connectivity index (χ1) is 7.59. The molecule has 5 nitrogen and oxygen atoms in total. The van der Waals surface area contributed by atoms with Crippen LogP contribution in [0, 0.1) is 12.7 Å². The molecule has 1 N–H and O–H groups in total. The summed E-state index contributed by atoms with van der Waals surface area (Å²) in [7, 11) is 0. The van der Waals surface area contributed by atoms with Gasteiger partial charge < -0.3 is 5.11 Å². The Morgan fingerprint density at radius 2 is 2.25 bits per heavy atom. The van der Waals surface area contributed by atoms with Crippen molar-refractivity contribution in [2.24, 2.45) is 0 Å². The summed E-state index contributed by atoms with van der Waals surface area (Å²) in [5.74, 6) is -1.25. The number of halogens is 1. The molecule has 0 amide bonds. The number of hydrogen-bond acceptors (Lipinski definition) is 3. The van der Waals surface area contributed by atoms with Gasteiger partial charge in [0.05, 0.1) is 11.3 Å². The van der Waals surface area contributed by atoms with Crippen molar-refractivity contribution in [3.05, 3.63) is 41.7 Å². The summed E-state index contributed by atoms with van der Waals surface area (Å²) in [5, 5.41) is 16.3. The van der Waals surface area contributed by atoms with Gasteiger partial charge in [-0.15, -0.1) is 10.2 Å². The second-order valence-corrected chi connectivity index (χ2v) is 3.21. The molecule has 0 fully saturated rings. The molecular formula is C10H8FN3O2. The van der Waals surface area contributed by atoms with Gasteiger partial charge in [-0.05, 0) is 25.1 Å². The number of aromatic carboxylic acids is 1. The number of hydrogen-bond donors (Lipinski definition) is 1. The first-order valence-electron chi connectivity index (χ1n) is 4.49. The lowest BCUT2D eigenvalue weighted by Crippen LogP contribution is -2.06. The zero-order valence-electron chi connectivity index (χ0n) is 8.38. The largest absolute Gasteiger partial charge is 0.478 e. The van der Waals surface area contributed by atoms with E-state index in [1.807, 2.05) is 0 Å². The number of rotatable bonds is 2. The van der Waals surface area contributed by atoms with E-state index in [0.29, 0.717) is 11.5 Å². The van der Waals surface area contributed by atoms with E-state index in [0.717, 1.165) is 6.07 Å². The molecule has 16 heavy (non-hydrogen) atoms. The van der Waals surface area contributed by atoms with E-state index in [1.54, 1.807) is 6.92 Å². The van der Waals surface area contributed by atoms with Crippen molar-refractivity contribution in [1.29, 1.82) is 0 Å². The lowest BCUT2D eigenvalue weighted by atomic mass is 10.1. The average molecular weight is 221 g/mol. The number of nitrogens with zero attached hydrogens (tertiary/aromatic N) is 3. The Bertz CT molecular complexity index is 551. The molecule has 1 aromatic carbocycles. The molecule has 0 atom stereocenters. The van der Waals surface area contributed by atoms with Gasteiger partial charge in [0.1, 0.15) is 18.0 Å². The molecule has 0 spiro atoms. The first-order valence-corrected chi connectivity index (χ1v) is 4.49. The van der Waals surface area contributed by atoms with Gasteiger partial charge in [-0.3, -0.25) is 4.57 Å². The van der Waals surface area contributed by atoms with E-state index >= 15 is 0 Å². The highest BCUT2D eigenvalue weighted by Gasteiger charge is 2.14. The van der Waals surface area contributed by atoms with Gasteiger partial charge in [-0.2, -0.15) is 0 Å². The molecule has 0 bridgehead atoms. The quantitative estimate of drug-likeness (QED) is 0.832. The smallest absolute Gasteiger partial charge is 0.337 e. The molecule has 0 radical (unpaired) electrons. The van der Waals surface area contributed by atoms with Crippen molar-refractivity contribution in [1.82, 2.24) is 14.8 Å². The summed E-state index contributed by atoms with van der Waals surface area (Å²) >= 11 is 0. The topological polar surface area (TPSA) is 68.0 Å². The van der Waals surface area contributed by atoms with Gasteiger partial charge in [-0.25, -0.2) is 9.18 Å². The van der Waals surface area contributed by atoms with Crippen LogP contribution in [0.2, 0.25) is 0 Å². The van der Waals surface area contributed by atoms with Crippen molar-refractivity contribution in [3.8, 4) is 5.69 Å². The number of aryl methyl sites for hydroxylation is 1. The lowest BCUT2D eigenvalue weighted by Gasteiger charge is -2.07. The van der Waals surface area contributed by atoms with Crippen LogP contribution in [0.5, 0.6) is 0 Å². The summed E-state index contributed by atoms with van der Waals surface area (Å²) < 4.78 is 14.4. The van der Waals surface area contributed by atoms with Crippen molar-refractivity contribution < 1.29 is 14.3 Å². The van der Waals surface area contributed by atoms with E-state index in [2.05, 4.69) is 10.2 Å². The van der Waals surface area contributed by atoms with Crippen LogP contribution in [0.15, 0.2) is 24.5 Å². The van der Waals surface area contributed by atoms with Gasteiger partial charge in [0.15, 0.2) is 0 Å². The third-order valence-electron chi connectivity index (χ3n) is 2.17. The number of carboxylic acids is 1. The Balaban J connectivity index is 2.65. The van der Waals surface area contributed by atoms with Gasteiger partial charge in [0, 0.05) is 0 Å². The normalized spacial score (nSPS) is 10.4. The van der Waals surface area contributed by atoms with Crippen LogP contribution in [-0.4, -0.2) is 25.8 Å². The van der Waals surface area contributed by atoms with Crippen LogP contribution in [0.25, 0.3) is 5.69 Å². The molecule has 0 aliphatic rings. The molecule has 0 aliphatic heterocycles. The molecule has 0 aliphatic carbocycles.